The minimum Gasteiger partial charge on any atom is -0.497 e. The van der Waals surface area contributed by atoms with Crippen molar-refractivity contribution < 1.29 is 14.3 Å². The van der Waals surface area contributed by atoms with Crippen molar-refractivity contribution in [2.45, 2.75) is 0 Å². The Labute approximate surface area is 138 Å². The van der Waals surface area contributed by atoms with Crippen molar-refractivity contribution in [1.29, 1.82) is 0 Å². The molecule has 2 rings (SSSR count). The summed E-state index contributed by atoms with van der Waals surface area (Å²) in [6, 6.07) is 15.3. The maximum absolute atomic E-state index is 12.0. The first-order chi connectivity index (χ1) is 11.1. The van der Waals surface area contributed by atoms with Gasteiger partial charge in [-0.3, -0.25) is 25.8 Å². The number of hydrazine groups is 1. The number of thiocarbonyl (C=S) groups is 1. The second-order valence-corrected chi connectivity index (χ2v) is 4.87. The number of amides is 2. The van der Waals surface area contributed by atoms with Crippen LogP contribution in [0.4, 0.5) is 0 Å². The molecule has 0 fully saturated rings. The number of ether oxygens (including phenoxy) is 1. The largest absolute Gasteiger partial charge is 0.497 e. The third kappa shape index (κ3) is 4.79. The van der Waals surface area contributed by atoms with Gasteiger partial charge in [0.05, 0.1) is 7.11 Å². The third-order valence-electron chi connectivity index (χ3n) is 2.88. The van der Waals surface area contributed by atoms with Gasteiger partial charge in [-0.05, 0) is 42.5 Å². The minimum absolute atomic E-state index is 0.0119. The van der Waals surface area contributed by atoms with Gasteiger partial charge in [-0.2, -0.15) is 0 Å². The van der Waals surface area contributed by atoms with Crippen LogP contribution in [0.25, 0.3) is 0 Å². The Balaban J connectivity index is 1.87. The molecular formula is C16H15N3O3S. The molecule has 0 unspecified atom stereocenters. The highest BCUT2D eigenvalue weighted by Crippen LogP contribution is 2.12. The van der Waals surface area contributed by atoms with Crippen molar-refractivity contribution in [3.63, 3.8) is 0 Å². The molecule has 23 heavy (non-hydrogen) atoms. The van der Waals surface area contributed by atoms with Crippen molar-refractivity contribution in [3.8, 4) is 5.75 Å². The van der Waals surface area contributed by atoms with Crippen LogP contribution in [-0.4, -0.2) is 24.0 Å². The number of nitrogens with one attached hydrogen (secondary N) is 3. The van der Waals surface area contributed by atoms with E-state index in [0.29, 0.717) is 16.9 Å². The average Bonchev–Trinajstić information content (AvgIpc) is 2.60. The molecule has 6 nitrogen and oxygen atoms in total. The molecule has 0 saturated heterocycles. The van der Waals surface area contributed by atoms with Gasteiger partial charge >= 0.3 is 0 Å². The van der Waals surface area contributed by atoms with Crippen LogP contribution in [0, 0.1) is 0 Å². The van der Waals surface area contributed by atoms with E-state index in [1.165, 1.54) is 7.11 Å². The van der Waals surface area contributed by atoms with Gasteiger partial charge in [-0.1, -0.05) is 24.3 Å². The van der Waals surface area contributed by atoms with Gasteiger partial charge in [0.25, 0.3) is 11.8 Å². The maximum Gasteiger partial charge on any atom is 0.269 e. The fourth-order valence-corrected chi connectivity index (χ4v) is 1.89. The Morgan fingerprint density at radius 3 is 2.30 bits per heavy atom. The lowest BCUT2D eigenvalue weighted by Gasteiger charge is -2.11. The van der Waals surface area contributed by atoms with E-state index in [-0.39, 0.29) is 11.0 Å². The fraction of sp³-hybridized carbons (Fsp3) is 0.0625. The SMILES string of the molecule is COc1cccc(C(=O)NC(=S)NNC(=O)c2ccccc2)c1. The van der Waals surface area contributed by atoms with Crippen LogP contribution in [-0.2, 0) is 0 Å². The van der Waals surface area contributed by atoms with Crippen LogP contribution in [0.2, 0.25) is 0 Å². The number of carbonyl (C=O) groups excluding carboxylic acids is 2. The quantitative estimate of drug-likeness (QED) is 0.589. The molecule has 0 aliphatic carbocycles. The van der Waals surface area contributed by atoms with E-state index in [2.05, 4.69) is 16.2 Å². The monoisotopic (exact) mass is 329 g/mol. The summed E-state index contributed by atoms with van der Waals surface area (Å²) in [5.41, 5.74) is 5.75. The van der Waals surface area contributed by atoms with Crippen molar-refractivity contribution in [3.05, 3.63) is 65.7 Å². The van der Waals surface area contributed by atoms with Gasteiger partial charge in [0.2, 0.25) is 0 Å². The molecule has 0 saturated carbocycles. The van der Waals surface area contributed by atoms with E-state index in [1.807, 2.05) is 6.07 Å². The topological polar surface area (TPSA) is 79.5 Å². The first-order valence-corrected chi connectivity index (χ1v) is 7.12. The minimum atomic E-state index is -0.407. The number of carbonyl (C=O) groups is 2. The Kier molecular flexibility index (Phi) is 5.65. The Hall–Kier alpha value is -2.93. The Bertz CT molecular complexity index is 720. The van der Waals surface area contributed by atoms with E-state index in [1.54, 1.807) is 48.5 Å². The smallest absolute Gasteiger partial charge is 0.269 e. The molecule has 2 amide bonds. The molecule has 118 valence electrons. The molecule has 3 N–H and O–H groups in total. The molecule has 2 aromatic rings. The molecule has 0 radical (unpaired) electrons. The van der Waals surface area contributed by atoms with Crippen molar-refractivity contribution in [2.75, 3.05) is 7.11 Å². The number of rotatable bonds is 3. The van der Waals surface area contributed by atoms with E-state index in [0.717, 1.165) is 0 Å². The summed E-state index contributed by atoms with van der Waals surface area (Å²) in [6.07, 6.45) is 0. The van der Waals surface area contributed by atoms with Gasteiger partial charge in [0.15, 0.2) is 5.11 Å². The van der Waals surface area contributed by atoms with Crippen LogP contribution in [0.3, 0.4) is 0 Å². The van der Waals surface area contributed by atoms with Crippen LogP contribution >= 0.6 is 12.2 Å². The lowest BCUT2D eigenvalue weighted by molar-refractivity contribution is 0.0934. The predicted octanol–water partition coefficient (Wildman–Crippen LogP) is 1.64. The summed E-state index contributed by atoms with van der Waals surface area (Å²) >= 11 is 4.97. The highest BCUT2D eigenvalue weighted by atomic mass is 32.1. The third-order valence-corrected chi connectivity index (χ3v) is 3.09. The first-order valence-electron chi connectivity index (χ1n) is 6.71. The van der Waals surface area contributed by atoms with E-state index < -0.39 is 5.91 Å². The molecule has 2 aromatic carbocycles. The Morgan fingerprint density at radius 2 is 1.61 bits per heavy atom. The molecular weight excluding hydrogens is 314 g/mol. The summed E-state index contributed by atoms with van der Waals surface area (Å²) in [5, 5.41) is 2.45. The van der Waals surface area contributed by atoms with Gasteiger partial charge in [-0.25, -0.2) is 0 Å². The van der Waals surface area contributed by atoms with Crippen LogP contribution in [0.15, 0.2) is 54.6 Å². The van der Waals surface area contributed by atoms with Gasteiger partial charge in [0.1, 0.15) is 5.75 Å². The fourth-order valence-electron chi connectivity index (χ4n) is 1.75. The second kappa shape index (κ2) is 7.90. The molecule has 0 heterocycles. The molecule has 0 bridgehead atoms. The molecule has 0 atom stereocenters. The van der Waals surface area contributed by atoms with E-state index in [4.69, 9.17) is 17.0 Å². The summed E-state index contributed by atoms with van der Waals surface area (Å²) in [6.45, 7) is 0. The van der Waals surface area contributed by atoms with Crippen molar-refractivity contribution >= 4 is 29.1 Å². The molecule has 0 spiro atoms. The lowest BCUT2D eigenvalue weighted by atomic mass is 10.2. The van der Waals surface area contributed by atoms with Gasteiger partial charge < -0.3 is 4.74 Å². The zero-order valence-corrected chi connectivity index (χ0v) is 13.1. The van der Waals surface area contributed by atoms with E-state index in [9.17, 15) is 9.59 Å². The summed E-state index contributed by atoms with van der Waals surface area (Å²) < 4.78 is 5.05. The summed E-state index contributed by atoms with van der Waals surface area (Å²) in [7, 11) is 1.52. The molecule has 0 aliphatic rings. The van der Waals surface area contributed by atoms with Crippen molar-refractivity contribution in [1.82, 2.24) is 16.2 Å². The van der Waals surface area contributed by atoms with E-state index >= 15 is 0 Å². The normalized spacial score (nSPS) is 9.61. The number of methoxy groups -OCH3 is 1. The highest BCUT2D eigenvalue weighted by Gasteiger charge is 2.10. The first kappa shape index (κ1) is 16.4. The summed E-state index contributed by atoms with van der Waals surface area (Å²) in [5.74, 6) is -0.201. The number of benzene rings is 2. The van der Waals surface area contributed by atoms with Gasteiger partial charge in [0, 0.05) is 11.1 Å². The second-order valence-electron chi connectivity index (χ2n) is 4.46. The number of hydrogen-bond acceptors (Lipinski definition) is 4. The van der Waals surface area contributed by atoms with Crippen molar-refractivity contribution in [2.24, 2.45) is 0 Å². The predicted molar refractivity (Wildman–Crippen MR) is 90.1 cm³/mol. The van der Waals surface area contributed by atoms with Crippen LogP contribution in [0.5, 0.6) is 5.75 Å². The number of hydrogen-bond donors (Lipinski definition) is 3. The Morgan fingerprint density at radius 1 is 0.913 bits per heavy atom. The van der Waals surface area contributed by atoms with Crippen LogP contribution < -0.4 is 20.9 Å². The highest BCUT2D eigenvalue weighted by molar-refractivity contribution is 7.80. The molecule has 0 aliphatic heterocycles. The van der Waals surface area contributed by atoms with Gasteiger partial charge in [-0.15, -0.1) is 0 Å². The molecule has 0 aromatic heterocycles. The summed E-state index contributed by atoms with van der Waals surface area (Å²) in [4.78, 5) is 23.9. The lowest BCUT2D eigenvalue weighted by Crippen LogP contribution is -2.48. The van der Waals surface area contributed by atoms with Crippen LogP contribution in [0.1, 0.15) is 20.7 Å². The zero-order chi connectivity index (χ0) is 16.7. The standard InChI is InChI=1S/C16H15N3O3S/c1-22-13-9-5-8-12(10-13)14(20)17-16(23)19-18-15(21)11-6-3-2-4-7-11/h2-10H,1H3,(H,18,21)(H2,17,19,20,23). The molecule has 7 heteroatoms. The maximum atomic E-state index is 12.0. The zero-order valence-electron chi connectivity index (χ0n) is 12.3. The average molecular weight is 329 g/mol.